The second kappa shape index (κ2) is 13.6. The molecular formula is C32H50N4O3. The van der Waals surface area contributed by atoms with Gasteiger partial charge in [-0.05, 0) is 94.5 Å². The van der Waals surface area contributed by atoms with Crippen LogP contribution in [-0.2, 0) is 27.2 Å². The molecule has 7 nitrogen and oxygen atoms in total. The molecular weight excluding hydrogens is 488 g/mol. The summed E-state index contributed by atoms with van der Waals surface area (Å²) in [6.07, 6.45) is 8.14. The van der Waals surface area contributed by atoms with E-state index in [0.29, 0.717) is 5.57 Å². The number of anilines is 1. The van der Waals surface area contributed by atoms with Gasteiger partial charge in [-0.2, -0.15) is 0 Å². The summed E-state index contributed by atoms with van der Waals surface area (Å²) in [4.78, 5) is 44.2. The van der Waals surface area contributed by atoms with Gasteiger partial charge in [-0.3, -0.25) is 19.3 Å². The number of carbonyl (C=O) groups is 3. The van der Waals surface area contributed by atoms with E-state index in [1.165, 1.54) is 11.1 Å². The zero-order valence-corrected chi connectivity index (χ0v) is 25.3. The van der Waals surface area contributed by atoms with Gasteiger partial charge in [0.2, 0.25) is 11.8 Å². The number of nitrogens with one attached hydrogen (secondary N) is 2. The average molecular weight is 539 g/mol. The van der Waals surface area contributed by atoms with Crippen molar-refractivity contribution in [3.8, 4) is 0 Å². The second-order valence-corrected chi connectivity index (χ2v) is 12.4. The van der Waals surface area contributed by atoms with E-state index in [4.69, 9.17) is 0 Å². The fourth-order valence-electron chi connectivity index (χ4n) is 5.95. The van der Waals surface area contributed by atoms with Gasteiger partial charge in [0.15, 0.2) is 0 Å². The van der Waals surface area contributed by atoms with E-state index < -0.39 is 6.04 Å². The van der Waals surface area contributed by atoms with Gasteiger partial charge in [0.25, 0.3) is 5.91 Å². The van der Waals surface area contributed by atoms with Crippen molar-refractivity contribution >= 4 is 23.4 Å². The number of likely N-dealkylation sites (tertiary alicyclic amines) is 1. The third-order valence-corrected chi connectivity index (χ3v) is 8.35. The summed E-state index contributed by atoms with van der Waals surface area (Å²) in [5.74, 6) is -0.349. The van der Waals surface area contributed by atoms with E-state index in [2.05, 4.69) is 41.5 Å². The Bertz CT molecular complexity index is 1060. The summed E-state index contributed by atoms with van der Waals surface area (Å²) < 4.78 is 0. The molecule has 1 fully saturated rings. The Labute approximate surface area is 235 Å². The number of rotatable bonds is 10. The highest BCUT2D eigenvalue weighted by atomic mass is 16.2. The van der Waals surface area contributed by atoms with Crippen LogP contribution in [0.2, 0.25) is 0 Å². The monoisotopic (exact) mass is 538 g/mol. The maximum atomic E-state index is 13.8. The first-order valence-corrected chi connectivity index (χ1v) is 14.8. The van der Waals surface area contributed by atoms with Gasteiger partial charge >= 0.3 is 0 Å². The first-order chi connectivity index (χ1) is 18.4. The van der Waals surface area contributed by atoms with Crippen LogP contribution in [0, 0.1) is 11.8 Å². The van der Waals surface area contributed by atoms with Crippen LogP contribution in [-0.4, -0.2) is 65.3 Å². The molecule has 0 spiro atoms. The van der Waals surface area contributed by atoms with Crippen molar-refractivity contribution in [3.63, 3.8) is 0 Å². The number of nitrogens with zero attached hydrogens (tertiary/aromatic N) is 2. The maximum absolute atomic E-state index is 13.8. The number of fused-ring (bicyclic) bond motifs is 1. The predicted molar refractivity (Wildman–Crippen MR) is 158 cm³/mol. The molecule has 2 N–H and O–H groups in total. The summed E-state index contributed by atoms with van der Waals surface area (Å²) >= 11 is 0. The fraction of sp³-hybridized carbons (Fsp3) is 0.656. The number of likely N-dealkylation sites (N-methyl/N-ethyl adjacent to an activating group) is 1. The highest BCUT2D eigenvalue weighted by molar-refractivity contribution is 6.03. The topological polar surface area (TPSA) is 81.8 Å². The van der Waals surface area contributed by atoms with Crippen molar-refractivity contribution in [2.75, 3.05) is 18.9 Å². The number of amides is 3. The molecule has 1 aromatic carbocycles. The van der Waals surface area contributed by atoms with Crippen LogP contribution >= 0.6 is 0 Å². The minimum Gasteiger partial charge on any atom is -0.343 e. The Morgan fingerprint density at radius 2 is 1.67 bits per heavy atom. The third kappa shape index (κ3) is 7.71. The zero-order chi connectivity index (χ0) is 28.9. The molecule has 3 atom stereocenters. The number of benzene rings is 1. The highest BCUT2D eigenvalue weighted by Crippen LogP contribution is 2.26. The molecule has 0 bridgehead atoms. The molecule has 3 amide bonds. The molecule has 1 heterocycles. The maximum Gasteiger partial charge on any atom is 0.251 e. The van der Waals surface area contributed by atoms with E-state index in [9.17, 15) is 14.4 Å². The number of hydrogen-bond donors (Lipinski definition) is 2. The molecule has 0 unspecified atom stereocenters. The third-order valence-electron chi connectivity index (χ3n) is 8.35. The second-order valence-electron chi connectivity index (χ2n) is 12.4. The lowest BCUT2D eigenvalue weighted by atomic mass is 9.95. The van der Waals surface area contributed by atoms with Gasteiger partial charge in [0.1, 0.15) is 6.04 Å². The quantitative estimate of drug-likeness (QED) is 0.413. The smallest absolute Gasteiger partial charge is 0.251 e. The summed E-state index contributed by atoms with van der Waals surface area (Å²) in [7, 11) is 1.78. The predicted octanol–water partition coefficient (Wildman–Crippen LogP) is 4.95. The van der Waals surface area contributed by atoms with Crippen molar-refractivity contribution in [1.82, 2.24) is 15.1 Å². The van der Waals surface area contributed by atoms with E-state index >= 15 is 0 Å². The van der Waals surface area contributed by atoms with Crippen molar-refractivity contribution in [3.05, 3.63) is 41.0 Å². The van der Waals surface area contributed by atoms with Crippen LogP contribution in [0.5, 0.6) is 0 Å². The lowest BCUT2D eigenvalue weighted by Crippen LogP contribution is -2.58. The van der Waals surface area contributed by atoms with Crippen LogP contribution < -0.4 is 10.6 Å². The number of hydrogen-bond acceptors (Lipinski definition) is 4. The molecule has 2 aliphatic rings. The average Bonchev–Trinajstić information content (AvgIpc) is 3.36. The van der Waals surface area contributed by atoms with E-state index in [-0.39, 0.29) is 47.7 Å². The van der Waals surface area contributed by atoms with Gasteiger partial charge in [0, 0.05) is 24.4 Å². The van der Waals surface area contributed by atoms with Crippen LogP contribution in [0.1, 0.15) is 85.3 Å². The van der Waals surface area contributed by atoms with Gasteiger partial charge in [-0.15, -0.1) is 0 Å². The molecule has 1 saturated heterocycles. The largest absolute Gasteiger partial charge is 0.343 e. The highest BCUT2D eigenvalue weighted by Gasteiger charge is 2.36. The Morgan fingerprint density at radius 3 is 2.31 bits per heavy atom. The molecule has 0 radical (unpaired) electrons. The zero-order valence-electron chi connectivity index (χ0n) is 25.3. The number of aryl methyl sites for hydroxylation is 2. The van der Waals surface area contributed by atoms with Crippen LogP contribution in [0.4, 0.5) is 5.69 Å². The molecule has 1 aliphatic carbocycles. The van der Waals surface area contributed by atoms with Gasteiger partial charge in [-0.25, -0.2) is 0 Å². The van der Waals surface area contributed by atoms with Crippen molar-refractivity contribution < 1.29 is 14.4 Å². The molecule has 1 aliphatic heterocycles. The van der Waals surface area contributed by atoms with Gasteiger partial charge in [-0.1, -0.05) is 46.3 Å². The van der Waals surface area contributed by atoms with Crippen molar-refractivity contribution in [2.24, 2.45) is 11.8 Å². The first-order valence-electron chi connectivity index (χ1n) is 14.8. The summed E-state index contributed by atoms with van der Waals surface area (Å²) in [6.45, 7) is 15.0. The molecule has 0 saturated carbocycles. The molecule has 7 heteroatoms. The van der Waals surface area contributed by atoms with Crippen LogP contribution in [0.3, 0.4) is 0 Å². The van der Waals surface area contributed by atoms with E-state index in [1.807, 2.05) is 39.8 Å². The van der Waals surface area contributed by atoms with Crippen LogP contribution in [0.15, 0.2) is 29.8 Å². The summed E-state index contributed by atoms with van der Waals surface area (Å²) in [5, 5.41) is 6.13. The van der Waals surface area contributed by atoms with E-state index in [0.717, 1.165) is 50.8 Å². The minimum atomic E-state index is -0.631. The minimum absolute atomic E-state index is 0.0645. The number of piperidine rings is 1. The first kappa shape index (κ1) is 30.9. The molecule has 216 valence electrons. The molecule has 3 rings (SSSR count). The Balaban J connectivity index is 1.72. The lowest BCUT2D eigenvalue weighted by molar-refractivity contribution is -0.140. The Hall–Kier alpha value is -2.67. The van der Waals surface area contributed by atoms with Crippen molar-refractivity contribution in [1.29, 1.82) is 0 Å². The lowest BCUT2D eigenvalue weighted by Gasteiger charge is -2.39. The Morgan fingerprint density at radius 1 is 0.974 bits per heavy atom. The standard InChI is InChI=1S/C32H50N4O3/c1-20(2)28(18-23(7)30(37)33-26-16-15-24-12-11-13-25(24)19-26)35(8)32(39)29(21(3)4)34-31(38)27-14-9-10-17-36(27)22(5)6/h15-16,18-22,27-29H,9-14,17H2,1-8H3,(H,33,37)(H,34,38)/b23-18+/t27-,28-,29+/m1/s1. The van der Waals surface area contributed by atoms with Crippen LogP contribution in [0.25, 0.3) is 0 Å². The molecule has 39 heavy (non-hydrogen) atoms. The van der Waals surface area contributed by atoms with Crippen molar-refractivity contribution in [2.45, 2.75) is 111 Å². The van der Waals surface area contributed by atoms with Gasteiger partial charge < -0.3 is 15.5 Å². The summed E-state index contributed by atoms with van der Waals surface area (Å²) in [6, 6.07) is 5.30. The fourth-order valence-corrected chi connectivity index (χ4v) is 5.95. The number of carbonyl (C=O) groups excluding carboxylic acids is 3. The normalized spacial score (nSPS) is 19.7. The summed E-state index contributed by atoms with van der Waals surface area (Å²) in [5.41, 5.74) is 4.05. The van der Waals surface area contributed by atoms with Gasteiger partial charge in [0.05, 0.1) is 12.1 Å². The molecule has 1 aromatic rings. The van der Waals surface area contributed by atoms with E-state index in [1.54, 1.807) is 18.9 Å². The Kier molecular flexibility index (Phi) is 10.8. The SMILES string of the molecule is C/C(=C\[C@H](C(C)C)N(C)C(=O)[C@@H](NC(=O)[C@H]1CCCCN1C(C)C)C(C)C)C(=O)Nc1ccc2c(c1)CCC2. The molecule has 0 aromatic heterocycles.